The minimum atomic E-state index is -3.05. The summed E-state index contributed by atoms with van der Waals surface area (Å²) in [7, 11) is -15.1. The van der Waals surface area contributed by atoms with Crippen molar-refractivity contribution in [3.63, 3.8) is 0 Å². The van der Waals surface area contributed by atoms with Crippen molar-refractivity contribution in [1.82, 2.24) is 0 Å². The number of hydrogen-bond acceptors (Lipinski definition) is 3. The zero-order valence-electron chi connectivity index (χ0n) is 35.3. The van der Waals surface area contributed by atoms with E-state index >= 15 is 0 Å². The molecule has 3 aromatic rings. The summed E-state index contributed by atoms with van der Waals surface area (Å²) in [4.78, 5) is 1.49. The molecule has 3 heterocycles. The van der Waals surface area contributed by atoms with Gasteiger partial charge in [0.2, 0.25) is 7.59 Å². The van der Waals surface area contributed by atoms with Crippen LogP contribution in [0.25, 0.3) is 0 Å². The Kier molecular flexibility index (Phi) is 11.8. The molecule has 0 spiro atoms. The van der Waals surface area contributed by atoms with Gasteiger partial charge in [-0.1, -0.05) is 212 Å². The normalized spacial score (nSPS) is 21.5. The molecule has 0 fully saturated rings. The molecule has 11 heteroatoms. The van der Waals surface area contributed by atoms with Gasteiger partial charge in [-0.3, -0.25) is 14.0 Å². The van der Waals surface area contributed by atoms with Gasteiger partial charge in [0.15, 0.2) is 0 Å². The SMILES string of the molecule is CC(C)[Si](C([Si](C)(C)C)[Si](C)(C)C)[Si]12N=C(c3ccccc3)[Si]([Si](C(C)C)C([Si](C)(C)C)[Si](C)(C)C)(C(c3ccccc3)=N1)C(c1ccccc1)=N2. The summed E-state index contributed by atoms with van der Waals surface area (Å²) in [5.74, 6) is 0. The molecular formula is C41H67N3Si8. The standard InChI is InChI=1S/C41H67N3Si8/c1-32(2)45(40(47(5,6)7)48(8,9)10)51-37(34-26-20-17-21-27-34)42-52(43-38(51)35-28-22-18-23-29-35,44-39(51)36-30-24-19-25-31-36)46(33(3)4)41(49(11,12)13)50(14,15)16/h17-33,40-41H,1-16H3. The van der Waals surface area contributed by atoms with Gasteiger partial charge in [0.25, 0.3) is 0 Å². The van der Waals surface area contributed by atoms with Crippen molar-refractivity contribution < 1.29 is 0 Å². The van der Waals surface area contributed by atoms with E-state index in [0.717, 1.165) is 9.58 Å². The summed E-state index contributed by atoms with van der Waals surface area (Å²) in [6.45, 7) is 42.2. The van der Waals surface area contributed by atoms with E-state index in [1.165, 1.54) is 32.7 Å². The van der Waals surface area contributed by atoms with Crippen LogP contribution in [0.2, 0.25) is 99.2 Å². The van der Waals surface area contributed by atoms with Gasteiger partial charge in [0.1, 0.15) is 8.31 Å². The molecule has 6 rings (SSSR count). The largest absolute Gasteiger partial charge is 0.406 e. The zero-order chi connectivity index (χ0) is 38.7. The molecule has 2 radical (unpaired) electrons. The number of nitrogens with zero attached hydrogens (tertiary/aromatic N) is 3. The minimum absolute atomic E-state index is 0.529. The molecule has 2 bridgehead atoms. The Morgan fingerprint density at radius 3 is 0.885 bits per heavy atom. The van der Waals surface area contributed by atoms with Crippen LogP contribution in [0.4, 0.5) is 0 Å². The van der Waals surface area contributed by atoms with Gasteiger partial charge in [0.05, 0.1) is 8.31 Å². The molecule has 0 amide bonds. The van der Waals surface area contributed by atoms with Crippen molar-refractivity contribution in [3.8, 4) is 0 Å². The molecule has 0 atom stereocenters. The predicted molar refractivity (Wildman–Crippen MR) is 253 cm³/mol. The predicted octanol–water partition coefficient (Wildman–Crippen LogP) is 11.7. The Morgan fingerprint density at radius 1 is 0.404 bits per heavy atom. The molecule has 3 nitrogen and oxygen atoms in total. The fourth-order valence-corrected chi connectivity index (χ4v) is 102. The van der Waals surface area contributed by atoms with Crippen LogP contribution in [0.15, 0.2) is 105 Å². The zero-order valence-corrected chi connectivity index (χ0v) is 43.3. The summed E-state index contributed by atoms with van der Waals surface area (Å²) in [6.07, 6.45) is 0. The molecule has 278 valence electrons. The number of benzene rings is 3. The van der Waals surface area contributed by atoms with E-state index in [2.05, 4.69) is 197 Å². The monoisotopic (exact) mass is 825 g/mol. The molecule has 0 saturated carbocycles. The fourth-order valence-electron chi connectivity index (χ4n) is 10.7. The molecular weight excluding hydrogens is 759 g/mol. The van der Waals surface area contributed by atoms with Gasteiger partial charge in [-0.2, -0.15) is 0 Å². The van der Waals surface area contributed by atoms with Crippen LogP contribution >= 0.6 is 0 Å². The Bertz CT molecular complexity index is 1630. The Balaban J connectivity index is 2.10. The van der Waals surface area contributed by atoms with Crippen molar-refractivity contribution in [2.24, 2.45) is 14.0 Å². The lowest BCUT2D eigenvalue weighted by atomic mass is 10.2. The smallest absolute Gasteiger partial charge is 0.287 e. The van der Waals surface area contributed by atoms with Crippen LogP contribution in [0.5, 0.6) is 0 Å². The highest BCUT2D eigenvalue weighted by atomic mass is 29.3. The highest BCUT2D eigenvalue weighted by Crippen LogP contribution is 2.51. The third-order valence-electron chi connectivity index (χ3n) is 11.2. The van der Waals surface area contributed by atoms with Crippen molar-refractivity contribution in [2.45, 2.75) is 127 Å². The first-order valence-electron chi connectivity index (χ1n) is 19.7. The van der Waals surface area contributed by atoms with Gasteiger partial charge in [0, 0.05) is 48.3 Å². The van der Waals surface area contributed by atoms with E-state index in [-0.39, 0.29) is 0 Å². The van der Waals surface area contributed by atoms with Gasteiger partial charge in [-0.15, -0.1) is 0 Å². The van der Waals surface area contributed by atoms with Crippen LogP contribution < -0.4 is 0 Å². The molecule has 3 aromatic carbocycles. The van der Waals surface area contributed by atoms with Crippen molar-refractivity contribution in [1.29, 1.82) is 0 Å². The topological polar surface area (TPSA) is 37.1 Å². The van der Waals surface area contributed by atoms with E-state index in [1.54, 1.807) is 0 Å². The van der Waals surface area contributed by atoms with Crippen LogP contribution in [-0.4, -0.2) is 80.6 Å². The fraction of sp³-hybridized carbons (Fsp3) is 0.488. The summed E-state index contributed by atoms with van der Waals surface area (Å²) >= 11 is 0. The highest BCUT2D eigenvalue weighted by Gasteiger charge is 2.70. The van der Waals surface area contributed by atoms with Gasteiger partial charge in [-0.25, -0.2) is 0 Å². The summed E-state index contributed by atoms with van der Waals surface area (Å²) in [5.41, 5.74) is 5.15. The second kappa shape index (κ2) is 14.8. The first-order valence-corrected chi connectivity index (χ1v) is 43.2. The van der Waals surface area contributed by atoms with E-state index in [4.69, 9.17) is 14.0 Å². The lowest BCUT2D eigenvalue weighted by molar-refractivity contribution is 1.03. The van der Waals surface area contributed by atoms with Crippen molar-refractivity contribution in [3.05, 3.63) is 108 Å². The van der Waals surface area contributed by atoms with Crippen LogP contribution in [0, 0.1) is 0 Å². The maximum Gasteiger partial charge on any atom is 0.406 e. The molecule has 0 aromatic heterocycles. The average Bonchev–Trinajstić information content (AvgIpc) is 3.04. The van der Waals surface area contributed by atoms with E-state index in [1.807, 2.05) is 0 Å². The van der Waals surface area contributed by atoms with Crippen molar-refractivity contribution in [2.75, 3.05) is 0 Å². The molecule has 0 aliphatic carbocycles. The summed E-state index contributed by atoms with van der Waals surface area (Å²) < 4.78 is 19.4. The molecule has 3 aliphatic heterocycles. The lowest BCUT2D eigenvalue weighted by Gasteiger charge is -2.58. The first kappa shape index (κ1) is 41.6. The van der Waals surface area contributed by atoms with E-state index in [0.29, 0.717) is 11.1 Å². The lowest BCUT2D eigenvalue weighted by Crippen LogP contribution is -2.82. The third kappa shape index (κ3) is 7.63. The van der Waals surface area contributed by atoms with E-state index in [9.17, 15) is 0 Å². The molecule has 0 saturated heterocycles. The number of hydrogen-bond donors (Lipinski definition) is 0. The molecule has 0 unspecified atom stereocenters. The number of rotatable bonds is 13. The second-order valence-corrected chi connectivity index (χ2v) is 63.0. The van der Waals surface area contributed by atoms with Gasteiger partial charge >= 0.3 is 8.08 Å². The third-order valence-corrected chi connectivity index (χ3v) is 70.3. The summed E-state index contributed by atoms with van der Waals surface area (Å²) in [6, 6.07) is 34.7. The Hall–Kier alpha value is -1.59. The average molecular weight is 827 g/mol. The molecule has 52 heavy (non-hydrogen) atoms. The van der Waals surface area contributed by atoms with Gasteiger partial charge < -0.3 is 0 Å². The van der Waals surface area contributed by atoms with Crippen LogP contribution in [0.1, 0.15) is 44.4 Å². The molecule has 3 aliphatic rings. The van der Waals surface area contributed by atoms with Gasteiger partial charge in [-0.05, 0) is 22.2 Å². The van der Waals surface area contributed by atoms with Crippen LogP contribution in [0.3, 0.4) is 0 Å². The van der Waals surface area contributed by atoms with Crippen LogP contribution in [-0.2, 0) is 0 Å². The Morgan fingerprint density at radius 2 is 0.654 bits per heavy atom. The minimum Gasteiger partial charge on any atom is -0.287 e. The van der Waals surface area contributed by atoms with Crippen molar-refractivity contribution >= 4 is 80.6 Å². The Labute approximate surface area is 327 Å². The molecule has 0 N–H and O–H groups in total. The maximum absolute atomic E-state index is 6.48. The summed E-state index contributed by atoms with van der Waals surface area (Å²) in [5, 5.41) is 4.42. The second-order valence-electron chi connectivity index (χ2n) is 20.4. The first-order chi connectivity index (χ1) is 24.0. The quantitative estimate of drug-likeness (QED) is 0.154. The maximum atomic E-state index is 6.48. The highest BCUT2D eigenvalue weighted by molar-refractivity contribution is 7.74. The van der Waals surface area contributed by atoms with E-state index < -0.39 is 64.6 Å².